The van der Waals surface area contributed by atoms with Crippen LogP contribution >= 0.6 is 0 Å². The molecule has 0 radical (unpaired) electrons. The van der Waals surface area contributed by atoms with Crippen LogP contribution in [-0.4, -0.2) is 42.6 Å². The van der Waals surface area contributed by atoms with Crippen LogP contribution in [0.4, 0.5) is 4.79 Å². The second-order valence-corrected chi connectivity index (χ2v) is 5.33. The summed E-state index contributed by atoms with van der Waals surface area (Å²) in [6.45, 7) is 5.72. The third kappa shape index (κ3) is 10.1. The molecule has 0 aliphatic heterocycles. The van der Waals surface area contributed by atoms with Gasteiger partial charge in [0.25, 0.3) is 0 Å². The highest BCUT2D eigenvalue weighted by Gasteiger charge is 2.16. The number of alkyl carbamates (subject to hydrolysis) is 1. The van der Waals surface area contributed by atoms with Crippen LogP contribution in [-0.2, 0) is 14.3 Å². The van der Waals surface area contributed by atoms with Gasteiger partial charge < -0.3 is 26.8 Å². The second-order valence-electron chi connectivity index (χ2n) is 5.33. The Labute approximate surface area is 118 Å². The Kier molecular flexibility index (Phi) is 7.60. The Morgan fingerprint density at radius 1 is 1.15 bits per heavy atom. The van der Waals surface area contributed by atoms with Crippen LogP contribution < -0.4 is 22.1 Å². The lowest BCUT2D eigenvalue weighted by atomic mass is 10.1. The van der Waals surface area contributed by atoms with Crippen molar-refractivity contribution < 1.29 is 19.1 Å². The smallest absolute Gasteiger partial charge is 0.407 e. The van der Waals surface area contributed by atoms with E-state index in [9.17, 15) is 14.4 Å². The van der Waals surface area contributed by atoms with E-state index < -0.39 is 29.6 Å². The van der Waals surface area contributed by atoms with Gasteiger partial charge in [0, 0.05) is 19.5 Å². The van der Waals surface area contributed by atoms with Gasteiger partial charge in [-0.05, 0) is 27.2 Å². The number of nitrogens with two attached hydrogens (primary N) is 2. The number of carbonyl (C=O) groups is 3. The van der Waals surface area contributed by atoms with Gasteiger partial charge in [-0.15, -0.1) is 0 Å². The van der Waals surface area contributed by atoms with E-state index >= 15 is 0 Å². The van der Waals surface area contributed by atoms with Crippen molar-refractivity contribution in [1.82, 2.24) is 10.6 Å². The van der Waals surface area contributed by atoms with Gasteiger partial charge in [-0.2, -0.15) is 0 Å². The van der Waals surface area contributed by atoms with E-state index in [-0.39, 0.29) is 25.9 Å². The molecular formula is C12H24N4O4. The minimum absolute atomic E-state index is 0.0603. The maximum Gasteiger partial charge on any atom is 0.407 e. The van der Waals surface area contributed by atoms with Crippen LogP contribution in [0.5, 0.6) is 0 Å². The van der Waals surface area contributed by atoms with Crippen LogP contribution in [0.3, 0.4) is 0 Å². The monoisotopic (exact) mass is 288 g/mol. The number of rotatable bonds is 7. The second kappa shape index (κ2) is 8.36. The molecule has 8 heteroatoms. The molecule has 0 rings (SSSR count). The number of ether oxygens (including phenoxy) is 1. The molecular weight excluding hydrogens is 264 g/mol. The minimum Gasteiger partial charge on any atom is -0.444 e. The number of amides is 3. The summed E-state index contributed by atoms with van der Waals surface area (Å²) < 4.78 is 5.02. The molecule has 0 aromatic rings. The van der Waals surface area contributed by atoms with Gasteiger partial charge in [-0.3, -0.25) is 9.59 Å². The fourth-order valence-electron chi connectivity index (χ4n) is 1.22. The molecule has 0 saturated heterocycles. The number of nitrogens with one attached hydrogen (secondary N) is 2. The number of primary amides is 1. The first-order valence-electron chi connectivity index (χ1n) is 6.40. The quantitative estimate of drug-likeness (QED) is 0.455. The largest absolute Gasteiger partial charge is 0.444 e. The van der Waals surface area contributed by atoms with Gasteiger partial charge in [-0.1, -0.05) is 0 Å². The Morgan fingerprint density at radius 2 is 1.70 bits per heavy atom. The summed E-state index contributed by atoms with van der Waals surface area (Å²) in [5, 5.41) is 5.03. The first kappa shape index (κ1) is 18.2. The third-order valence-electron chi connectivity index (χ3n) is 2.13. The van der Waals surface area contributed by atoms with Crippen LogP contribution in [0.1, 0.15) is 33.6 Å². The van der Waals surface area contributed by atoms with Gasteiger partial charge in [0.05, 0.1) is 6.04 Å². The summed E-state index contributed by atoms with van der Waals surface area (Å²) in [5.41, 5.74) is 9.95. The lowest BCUT2D eigenvalue weighted by molar-refractivity contribution is -0.122. The van der Waals surface area contributed by atoms with Crippen LogP contribution in [0.15, 0.2) is 0 Å². The lowest BCUT2D eigenvalue weighted by Crippen LogP contribution is -2.44. The third-order valence-corrected chi connectivity index (χ3v) is 2.13. The highest BCUT2D eigenvalue weighted by Crippen LogP contribution is 2.05. The van der Waals surface area contributed by atoms with Gasteiger partial charge >= 0.3 is 6.09 Å². The molecule has 1 atom stereocenters. The van der Waals surface area contributed by atoms with Crippen molar-refractivity contribution in [2.75, 3.05) is 13.1 Å². The summed E-state index contributed by atoms with van der Waals surface area (Å²) in [5.74, 6) is -0.892. The average Bonchev–Trinajstić information content (AvgIpc) is 2.28. The zero-order chi connectivity index (χ0) is 15.8. The van der Waals surface area contributed by atoms with E-state index in [2.05, 4.69) is 10.6 Å². The van der Waals surface area contributed by atoms with Crippen molar-refractivity contribution in [1.29, 1.82) is 0 Å². The average molecular weight is 288 g/mol. The van der Waals surface area contributed by atoms with Crippen LogP contribution in [0.25, 0.3) is 0 Å². The predicted octanol–water partition coefficient (Wildman–Crippen LogP) is -0.780. The highest BCUT2D eigenvalue weighted by molar-refractivity contribution is 5.82. The number of hydrogen-bond donors (Lipinski definition) is 4. The highest BCUT2D eigenvalue weighted by atomic mass is 16.6. The lowest BCUT2D eigenvalue weighted by Gasteiger charge is -2.19. The first-order valence-corrected chi connectivity index (χ1v) is 6.40. The summed E-state index contributed by atoms with van der Waals surface area (Å²) in [6, 6.07) is -0.788. The van der Waals surface area contributed by atoms with Gasteiger partial charge in [-0.25, -0.2) is 4.79 Å². The molecule has 0 bridgehead atoms. The molecule has 6 N–H and O–H groups in total. The van der Waals surface area contributed by atoms with E-state index in [4.69, 9.17) is 16.2 Å². The number of carbonyl (C=O) groups excluding carboxylic acids is 3. The van der Waals surface area contributed by atoms with Crippen molar-refractivity contribution in [3.63, 3.8) is 0 Å². The molecule has 116 valence electrons. The van der Waals surface area contributed by atoms with E-state index in [0.717, 1.165) is 0 Å². The molecule has 0 heterocycles. The Hall–Kier alpha value is -1.83. The summed E-state index contributed by atoms with van der Waals surface area (Å²) in [7, 11) is 0. The van der Waals surface area contributed by atoms with Crippen LogP contribution in [0.2, 0.25) is 0 Å². The molecule has 0 aromatic heterocycles. The Balaban J connectivity index is 3.76. The van der Waals surface area contributed by atoms with Gasteiger partial charge in [0.2, 0.25) is 11.8 Å². The predicted molar refractivity (Wildman–Crippen MR) is 73.7 cm³/mol. The fraction of sp³-hybridized carbons (Fsp3) is 0.750. The molecule has 8 nitrogen and oxygen atoms in total. The summed E-state index contributed by atoms with van der Waals surface area (Å²) in [4.78, 5) is 33.3. The van der Waals surface area contributed by atoms with Crippen molar-refractivity contribution in [3.8, 4) is 0 Å². The van der Waals surface area contributed by atoms with Crippen LogP contribution in [0, 0.1) is 0 Å². The topological polar surface area (TPSA) is 137 Å². The Morgan fingerprint density at radius 3 is 2.20 bits per heavy atom. The minimum atomic E-state index is -0.788. The number of hydrogen-bond acceptors (Lipinski definition) is 5. The molecule has 3 amide bonds. The van der Waals surface area contributed by atoms with E-state index in [1.807, 2.05) is 0 Å². The summed E-state index contributed by atoms with van der Waals surface area (Å²) in [6.07, 6.45) is -0.296. The SMILES string of the molecule is CC(C)(C)OC(=O)NCCNC(=O)[C@H](N)CCC(N)=O. The maximum absolute atomic E-state index is 11.5. The maximum atomic E-state index is 11.5. The molecule has 0 unspecified atom stereocenters. The normalized spacial score (nSPS) is 12.4. The van der Waals surface area contributed by atoms with Gasteiger partial charge in [0.15, 0.2) is 0 Å². The van der Waals surface area contributed by atoms with E-state index in [1.54, 1.807) is 20.8 Å². The first-order chi connectivity index (χ1) is 9.11. The molecule has 0 aliphatic carbocycles. The Bertz CT molecular complexity index is 352. The van der Waals surface area contributed by atoms with E-state index in [1.165, 1.54) is 0 Å². The van der Waals surface area contributed by atoms with Gasteiger partial charge in [0.1, 0.15) is 5.60 Å². The van der Waals surface area contributed by atoms with Crippen molar-refractivity contribution >= 4 is 17.9 Å². The molecule has 0 aliphatic rings. The van der Waals surface area contributed by atoms with Crippen molar-refractivity contribution in [2.24, 2.45) is 11.5 Å². The standard InChI is InChI=1S/C12H24N4O4/c1-12(2,3)20-11(19)16-7-6-15-10(18)8(13)4-5-9(14)17/h8H,4-7,13H2,1-3H3,(H2,14,17)(H,15,18)(H,16,19)/t8-/m1/s1. The summed E-state index contributed by atoms with van der Waals surface area (Å²) >= 11 is 0. The molecule has 0 spiro atoms. The van der Waals surface area contributed by atoms with Crippen molar-refractivity contribution in [2.45, 2.75) is 45.3 Å². The zero-order valence-electron chi connectivity index (χ0n) is 12.2. The molecule has 0 aromatic carbocycles. The molecule has 0 saturated carbocycles. The van der Waals surface area contributed by atoms with Crippen molar-refractivity contribution in [3.05, 3.63) is 0 Å². The molecule has 20 heavy (non-hydrogen) atoms. The fourth-order valence-corrected chi connectivity index (χ4v) is 1.22. The van der Waals surface area contributed by atoms with E-state index in [0.29, 0.717) is 0 Å². The zero-order valence-corrected chi connectivity index (χ0v) is 12.2. The molecule has 0 fully saturated rings.